The van der Waals surface area contributed by atoms with E-state index in [1.165, 1.54) is 0 Å². The van der Waals surface area contributed by atoms with E-state index in [2.05, 4.69) is 20.8 Å². The van der Waals surface area contributed by atoms with Gasteiger partial charge in [0.1, 0.15) is 25.9 Å². The summed E-state index contributed by atoms with van der Waals surface area (Å²) in [6.07, 6.45) is 5.81. The van der Waals surface area contributed by atoms with Crippen LogP contribution < -0.4 is 0 Å². The van der Waals surface area contributed by atoms with Gasteiger partial charge in [-0.3, -0.25) is 14.4 Å². The molecule has 204 valence electrons. The van der Waals surface area contributed by atoms with Crippen molar-refractivity contribution in [1.29, 1.82) is 0 Å². The van der Waals surface area contributed by atoms with Crippen molar-refractivity contribution in [1.82, 2.24) is 0 Å². The van der Waals surface area contributed by atoms with Gasteiger partial charge in [0.2, 0.25) is 0 Å². The maximum atomic E-state index is 12.6. The van der Waals surface area contributed by atoms with E-state index >= 15 is 0 Å². The first kappa shape index (κ1) is 31.3. The molecule has 3 atom stereocenters. The fraction of sp³-hybridized carbons (Fsp3) is 0.885. The molecule has 0 aliphatic heterocycles. The second-order valence-corrected chi connectivity index (χ2v) is 10.4. The normalized spacial score (nSPS) is 19.1. The molecule has 1 N–H and O–H groups in total. The Morgan fingerprint density at radius 2 is 1.43 bits per heavy atom. The zero-order chi connectivity index (χ0) is 26.1. The highest BCUT2D eigenvalue weighted by atomic mass is 16.6. The number of rotatable bonds is 17. The zero-order valence-electron chi connectivity index (χ0n) is 22.1. The van der Waals surface area contributed by atoms with Gasteiger partial charge in [-0.15, -0.1) is 0 Å². The van der Waals surface area contributed by atoms with Crippen LogP contribution in [0.25, 0.3) is 0 Å². The summed E-state index contributed by atoms with van der Waals surface area (Å²) in [5, 5.41) is 10.1. The monoisotopic (exact) mass is 502 g/mol. The number of esters is 3. The summed E-state index contributed by atoms with van der Waals surface area (Å²) in [5.74, 6) is -2.50. The first-order chi connectivity index (χ1) is 16.6. The van der Waals surface area contributed by atoms with Crippen molar-refractivity contribution in [3.8, 4) is 0 Å². The minimum Gasteiger partial charge on any atom is -0.463 e. The number of carbonyl (C=O) groups is 3. The molecule has 0 amide bonds. The van der Waals surface area contributed by atoms with E-state index in [0.29, 0.717) is 37.9 Å². The largest absolute Gasteiger partial charge is 0.463 e. The van der Waals surface area contributed by atoms with Gasteiger partial charge in [-0.1, -0.05) is 46.5 Å². The third kappa shape index (κ3) is 15.1. The van der Waals surface area contributed by atoms with Gasteiger partial charge in [0.25, 0.3) is 0 Å². The molecule has 1 aliphatic rings. The molecule has 0 heterocycles. The maximum absolute atomic E-state index is 12.6. The summed E-state index contributed by atoms with van der Waals surface area (Å²) >= 11 is 0. The summed E-state index contributed by atoms with van der Waals surface area (Å²) < 4.78 is 25.8. The molecule has 0 saturated heterocycles. The van der Waals surface area contributed by atoms with Crippen molar-refractivity contribution in [2.24, 2.45) is 17.3 Å². The Kier molecular flexibility index (Phi) is 15.8. The van der Waals surface area contributed by atoms with Crippen molar-refractivity contribution < 1.29 is 43.2 Å². The maximum Gasteiger partial charge on any atom is 0.309 e. The van der Waals surface area contributed by atoms with Crippen molar-refractivity contribution in [2.45, 2.75) is 84.7 Å². The Bertz CT molecular complexity index is 614. The van der Waals surface area contributed by atoms with Gasteiger partial charge in [0.05, 0.1) is 31.7 Å². The summed E-state index contributed by atoms with van der Waals surface area (Å²) in [6, 6.07) is 0. The van der Waals surface area contributed by atoms with Crippen molar-refractivity contribution >= 4 is 17.9 Å². The number of unbranched alkanes of at least 4 members (excludes halogenated alkanes) is 2. The van der Waals surface area contributed by atoms with Crippen LogP contribution in [-0.2, 0) is 38.1 Å². The number of ether oxygens (including phenoxy) is 5. The first-order valence-corrected chi connectivity index (χ1v) is 12.9. The number of methoxy groups -OCH3 is 1. The summed E-state index contributed by atoms with van der Waals surface area (Å²) in [4.78, 5) is 36.9. The van der Waals surface area contributed by atoms with Crippen LogP contribution in [0.2, 0.25) is 0 Å². The minimum absolute atomic E-state index is 0.113. The molecule has 0 aromatic carbocycles. The lowest BCUT2D eigenvalue weighted by Gasteiger charge is -2.28. The van der Waals surface area contributed by atoms with E-state index in [9.17, 15) is 19.5 Å². The van der Waals surface area contributed by atoms with Crippen LogP contribution in [0, 0.1) is 17.3 Å². The number of hydrogen-bond acceptors (Lipinski definition) is 9. The molecule has 1 fully saturated rings. The van der Waals surface area contributed by atoms with E-state index in [0.717, 1.165) is 38.5 Å². The van der Waals surface area contributed by atoms with Gasteiger partial charge in [-0.2, -0.15) is 0 Å². The molecular formula is C26H46O9. The van der Waals surface area contributed by atoms with Gasteiger partial charge >= 0.3 is 17.9 Å². The molecule has 0 spiro atoms. The third-order valence-electron chi connectivity index (χ3n) is 5.94. The number of aliphatic hydroxyl groups excluding tert-OH is 1. The van der Waals surface area contributed by atoms with E-state index < -0.39 is 29.9 Å². The summed E-state index contributed by atoms with van der Waals surface area (Å²) in [5.41, 5.74) is 0.291. The number of aliphatic hydroxyl groups is 1. The molecule has 1 aliphatic carbocycles. The van der Waals surface area contributed by atoms with Crippen LogP contribution >= 0.6 is 0 Å². The third-order valence-corrected chi connectivity index (χ3v) is 5.94. The SMILES string of the molecule is COCCOCCOC(=O)C1CCCCC1C(=O)OCC(O)COC(=O)CCCCCC(C)(C)C. The van der Waals surface area contributed by atoms with E-state index in [1.807, 2.05) is 0 Å². The second kappa shape index (κ2) is 17.7. The average molecular weight is 503 g/mol. The predicted molar refractivity (Wildman–Crippen MR) is 130 cm³/mol. The van der Waals surface area contributed by atoms with Crippen molar-refractivity contribution in [3.63, 3.8) is 0 Å². The Balaban J connectivity index is 2.27. The summed E-state index contributed by atoms with van der Waals surface area (Å²) in [6.45, 7) is 7.32. The van der Waals surface area contributed by atoms with Crippen LogP contribution in [0.4, 0.5) is 0 Å². The van der Waals surface area contributed by atoms with Crippen LogP contribution in [0.1, 0.15) is 78.6 Å². The molecule has 35 heavy (non-hydrogen) atoms. The molecule has 0 aromatic rings. The lowest BCUT2D eigenvalue weighted by molar-refractivity contribution is -0.166. The highest BCUT2D eigenvalue weighted by Gasteiger charge is 2.38. The summed E-state index contributed by atoms with van der Waals surface area (Å²) in [7, 11) is 1.58. The Morgan fingerprint density at radius 3 is 2.06 bits per heavy atom. The van der Waals surface area contributed by atoms with Gasteiger partial charge in [-0.25, -0.2) is 0 Å². The fourth-order valence-corrected chi connectivity index (χ4v) is 3.94. The zero-order valence-corrected chi connectivity index (χ0v) is 22.1. The topological polar surface area (TPSA) is 118 Å². The highest BCUT2D eigenvalue weighted by molar-refractivity contribution is 5.82. The smallest absolute Gasteiger partial charge is 0.309 e. The highest BCUT2D eigenvalue weighted by Crippen LogP contribution is 2.32. The second-order valence-electron chi connectivity index (χ2n) is 10.4. The first-order valence-electron chi connectivity index (χ1n) is 12.9. The molecule has 9 nitrogen and oxygen atoms in total. The molecular weight excluding hydrogens is 456 g/mol. The van der Waals surface area contributed by atoms with Crippen LogP contribution in [0.3, 0.4) is 0 Å². The molecule has 0 bridgehead atoms. The van der Waals surface area contributed by atoms with E-state index in [1.54, 1.807) is 7.11 Å². The lowest BCUT2D eigenvalue weighted by Crippen LogP contribution is -2.36. The number of carbonyl (C=O) groups excluding carboxylic acids is 3. The van der Waals surface area contributed by atoms with Gasteiger partial charge in [0, 0.05) is 13.5 Å². The molecule has 3 unspecified atom stereocenters. The Morgan fingerprint density at radius 1 is 0.829 bits per heavy atom. The van der Waals surface area contributed by atoms with Crippen LogP contribution in [0.15, 0.2) is 0 Å². The quantitative estimate of drug-likeness (QED) is 0.181. The number of hydrogen-bond donors (Lipinski definition) is 1. The predicted octanol–water partition coefficient (Wildman–Crippen LogP) is 3.44. The molecule has 9 heteroatoms. The molecule has 0 radical (unpaired) electrons. The van der Waals surface area contributed by atoms with Crippen molar-refractivity contribution in [2.75, 3.05) is 46.8 Å². The van der Waals surface area contributed by atoms with Crippen molar-refractivity contribution in [3.05, 3.63) is 0 Å². The van der Waals surface area contributed by atoms with Crippen LogP contribution in [0.5, 0.6) is 0 Å². The standard InChI is InChI=1S/C26H46O9/c1-26(2,3)13-9-5-6-12-23(28)34-18-20(27)19-35-25(30)22-11-8-7-10-21(22)24(29)33-17-16-32-15-14-31-4/h20-22,27H,5-19H2,1-4H3. The Labute approximate surface area is 210 Å². The van der Waals surface area contributed by atoms with Crippen LogP contribution in [-0.4, -0.2) is 75.9 Å². The lowest BCUT2D eigenvalue weighted by atomic mass is 9.79. The van der Waals surface area contributed by atoms with Gasteiger partial charge < -0.3 is 28.8 Å². The minimum atomic E-state index is -1.11. The Hall–Kier alpha value is -1.71. The molecule has 0 aromatic heterocycles. The molecule has 1 rings (SSSR count). The molecule has 1 saturated carbocycles. The average Bonchev–Trinajstić information content (AvgIpc) is 2.82. The van der Waals surface area contributed by atoms with E-state index in [-0.39, 0.29) is 32.4 Å². The van der Waals surface area contributed by atoms with Gasteiger partial charge in [0.15, 0.2) is 0 Å². The van der Waals surface area contributed by atoms with Gasteiger partial charge in [-0.05, 0) is 31.1 Å². The fourth-order valence-electron chi connectivity index (χ4n) is 3.94. The van der Waals surface area contributed by atoms with E-state index in [4.69, 9.17) is 23.7 Å².